The SMILES string of the molecule is CN1CCC(c2nc(-c3ccccc3)cs2)CC1. The number of thiazole rings is 1. The van der Waals surface area contributed by atoms with E-state index >= 15 is 0 Å². The average molecular weight is 258 g/mol. The fourth-order valence-corrected chi connectivity index (χ4v) is 3.47. The van der Waals surface area contributed by atoms with Crippen molar-refractivity contribution >= 4 is 11.3 Å². The van der Waals surface area contributed by atoms with Crippen LogP contribution < -0.4 is 0 Å². The van der Waals surface area contributed by atoms with E-state index in [-0.39, 0.29) is 0 Å². The molecule has 0 aliphatic carbocycles. The zero-order valence-corrected chi connectivity index (χ0v) is 11.5. The summed E-state index contributed by atoms with van der Waals surface area (Å²) in [5.74, 6) is 0.670. The molecule has 1 fully saturated rings. The molecule has 0 unspecified atom stereocenters. The molecule has 2 heterocycles. The number of likely N-dealkylation sites (tertiary alicyclic amines) is 1. The first-order valence-electron chi connectivity index (χ1n) is 6.52. The van der Waals surface area contributed by atoms with Gasteiger partial charge in [0.05, 0.1) is 10.7 Å². The van der Waals surface area contributed by atoms with Crippen molar-refractivity contribution in [1.29, 1.82) is 0 Å². The molecule has 94 valence electrons. The van der Waals surface area contributed by atoms with E-state index in [4.69, 9.17) is 4.98 Å². The molecule has 1 aliphatic heterocycles. The second kappa shape index (κ2) is 5.21. The zero-order chi connectivity index (χ0) is 12.4. The number of nitrogens with zero attached hydrogens (tertiary/aromatic N) is 2. The van der Waals surface area contributed by atoms with Crippen LogP contribution in [0.25, 0.3) is 11.3 Å². The van der Waals surface area contributed by atoms with E-state index in [9.17, 15) is 0 Å². The Balaban J connectivity index is 1.78. The highest BCUT2D eigenvalue weighted by molar-refractivity contribution is 7.10. The van der Waals surface area contributed by atoms with Gasteiger partial charge in [0.25, 0.3) is 0 Å². The summed E-state index contributed by atoms with van der Waals surface area (Å²) in [6, 6.07) is 10.5. The fraction of sp³-hybridized carbons (Fsp3) is 0.400. The molecule has 1 aliphatic rings. The first-order chi connectivity index (χ1) is 8.83. The normalized spacial score (nSPS) is 18.1. The van der Waals surface area contributed by atoms with Crippen molar-refractivity contribution in [3.8, 4) is 11.3 Å². The van der Waals surface area contributed by atoms with Crippen LogP contribution in [0.1, 0.15) is 23.8 Å². The van der Waals surface area contributed by atoms with Gasteiger partial charge in [0.15, 0.2) is 0 Å². The third-order valence-electron chi connectivity index (χ3n) is 3.66. The second-order valence-corrected chi connectivity index (χ2v) is 5.90. The van der Waals surface area contributed by atoms with Crippen molar-refractivity contribution < 1.29 is 0 Å². The van der Waals surface area contributed by atoms with Crippen LogP contribution in [0.5, 0.6) is 0 Å². The van der Waals surface area contributed by atoms with Gasteiger partial charge in [-0.1, -0.05) is 30.3 Å². The van der Waals surface area contributed by atoms with Crippen LogP contribution in [-0.4, -0.2) is 30.0 Å². The van der Waals surface area contributed by atoms with Crippen LogP contribution in [0, 0.1) is 0 Å². The molecule has 1 saturated heterocycles. The number of piperidine rings is 1. The van der Waals surface area contributed by atoms with Crippen LogP contribution in [0.2, 0.25) is 0 Å². The van der Waals surface area contributed by atoms with Gasteiger partial charge < -0.3 is 4.90 Å². The maximum atomic E-state index is 4.83. The van der Waals surface area contributed by atoms with Gasteiger partial charge in [0.1, 0.15) is 0 Å². The summed E-state index contributed by atoms with van der Waals surface area (Å²) < 4.78 is 0. The van der Waals surface area contributed by atoms with E-state index < -0.39 is 0 Å². The first-order valence-corrected chi connectivity index (χ1v) is 7.40. The lowest BCUT2D eigenvalue weighted by Gasteiger charge is -2.27. The zero-order valence-electron chi connectivity index (χ0n) is 10.7. The van der Waals surface area contributed by atoms with E-state index in [0.717, 1.165) is 5.69 Å². The van der Waals surface area contributed by atoms with Gasteiger partial charge in [0.2, 0.25) is 0 Å². The maximum absolute atomic E-state index is 4.83. The summed E-state index contributed by atoms with van der Waals surface area (Å²) in [5.41, 5.74) is 2.36. The number of hydrogen-bond donors (Lipinski definition) is 0. The van der Waals surface area contributed by atoms with Gasteiger partial charge in [-0.2, -0.15) is 0 Å². The predicted octanol–water partition coefficient (Wildman–Crippen LogP) is 3.62. The lowest BCUT2D eigenvalue weighted by atomic mass is 9.98. The number of aromatic nitrogens is 1. The third kappa shape index (κ3) is 2.47. The number of benzene rings is 1. The average Bonchev–Trinajstić information content (AvgIpc) is 2.90. The Hall–Kier alpha value is -1.19. The van der Waals surface area contributed by atoms with E-state index in [1.807, 2.05) is 17.4 Å². The highest BCUT2D eigenvalue weighted by Crippen LogP contribution is 2.32. The van der Waals surface area contributed by atoms with E-state index in [2.05, 4.69) is 41.6 Å². The highest BCUT2D eigenvalue weighted by Gasteiger charge is 2.21. The molecule has 0 radical (unpaired) electrons. The van der Waals surface area contributed by atoms with Crippen molar-refractivity contribution in [2.24, 2.45) is 0 Å². The largest absolute Gasteiger partial charge is 0.306 e. The maximum Gasteiger partial charge on any atom is 0.0964 e. The summed E-state index contributed by atoms with van der Waals surface area (Å²) in [6.07, 6.45) is 2.50. The predicted molar refractivity (Wildman–Crippen MR) is 77.0 cm³/mol. The minimum absolute atomic E-state index is 0.670. The standard InChI is InChI=1S/C15H18N2S/c1-17-9-7-13(8-10-17)15-16-14(11-18-15)12-5-3-2-4-6-12/h2-6,11,13H,7-10H2,1H3. The smallest absolute Gasteiger partial charge is 0.0964 e. The highest BCUT2D eigenvalue weighted by atomic mass is 32.1. The van der Waals surface area contributed by atoms with Crippen molar-refractivity contribution in [3.63, 3.8) is 0 Å². The molecule has 0 saturated carbocycles. The van der Waals surface area contributed by atoms with Crippen LogP contribution in [-0.2, 0) is 0 Å². The Morgan fingerprint density at radius 1 is 1.17 bits per heavy atom. The van der Waals surface area contributed by atoms with Crippen LogP contribution in [0.4, 0.5) is 0 Å². The summed E-state index contributed by atoms with van der Waals surface area (Å²) >= 11 is 1.82. The van der Waals surface area contributed by atoms with Gasteiger partial charge in [-0.05, 0) is 33.0 Å². The third-order valence-corrected chi connectivity index (χ3v) is 4.67. The lowest BCUT2D eigenvalue weighted by Crippen LogP contribution is -2.29. The molecular formula is C15H18N2S. The molecule has 1 aromatic heterocycles. The minimum Gasteiger partial charge on any atom is -0.306 e. The van der Waals surface area contributed by atoms with Crippen molar-refractivity contribution in [3.05, 3.63) is 40.7 Å². The summed E-state index contributed by atoms with van der Waals surface area (Å²) in [6.45, 7) is 2.40. The molecule has 0 atom stereocenters. The molecular weight excluding hydrogens is 240 g/mol. The summed E-state index contributed by atoms with van der Waals surface area (Å²) in [5, 5.41) is 3.52. The van der Waals surface area contributed by atoms with Gasteiger partial charge in [-0.15, -0.1) is 11.3 Å². The van der Waals surface area contributed by atoms with Gasteiger partial charge in [-0.3, -0.25) is 0 Å². The minimum atomic E-state index is 0.670. The Labute approximate surface area is 112 Å². The monoisotopic (exact) mass is 258 g/mol. The molecule has 18 heavy (non-hydrogen) atoms. The molecule has 1 aromatic carbocycles. The Kier molecular flexibility index (Phi) is 3.43. The topological polar surface area (TPSA) is 16.1 Å². The van der Waals surface area contributed by atoms with Crippen LogP contribution in [0.15, 0.2) is 35.7 Å². The lowest BCUT2D eigenvalue weighted by molar-refractivity contribution is 0.255. The van der Waals surface area contributed by atoms with E-state index in [0.29, 0.717) is 5.92 Å². The molecule has 0 amide bonds. The summed E-state index contributed by atoms with van der Waals surface area (Å²) in [7, 11) is 2.20. The van der Waals surface area contributed by atoms with Gasteiger partial charge in [0, 0.05) is 16.9 Å². The Bertz CT molecular complexity index is 498. The first kappa shape index (κ1) is 11.9. The van der Waals surface area contributed by atoms with Crippen molar-refractivity contribution in [1.82, 2.24) is 9.88 Å². The Morgan fingerprint density at radius 2 is 1.89 bits per heavy atom. The molecule has 0 spiro atoms. The number of hydrogen-bond acceptors (Lipinski definition) is 3. The van der Waals surface area contributed by atoms with Crippen LogP contribution >= 0.6 is 11.3 Å². The van der Waals surface area contributed by atoms with E-state index in [1.54, 1.807) is 0 Å². The van der Waals surface area contributed by atoms with E-state index in [1.165, 1.54) is 36.5 Å². The fourth-order valence-electron chi connectivity index (χ4n) is 2.47. The molecule has 3 rings (SSSR count). The molecule has 2 aromatic rings. The van der Waals surface area contributed by atoms with Crippen LogP contribution in [0.3, 0.4) is 0 Å². The molecule has 0 bridgehead atoms. The van der Waals surface area contributed by atoms with Gasteiger partial charge in [-0.25, -0.2) is 4.98 Å². The number of rotatable bonds is 2. The molecule has 0 N–H and O–H groups in total. The van der Waals surface area contributed by atoms with Gasteiger partial charge >= 0.3 is 0 Å². The molecule has 3 heteroatoms. The van der Waals surface area contributed by atoms with Crippen molar-refractivity contribution in [2.75, 3.05) is 20.1 Å². The Morgan fingerprint density at radius 3 is 2.61 bits per heavy atom. The second-order valence-electron chi connectivity index (χ2n) is 5.01. The molecule has 2 nitrogen and oxygen atoms in total. The van der Waals surface area contributed by atoms with Crippen molar-refractivity contribution in [2.45, 2.75) is 18.8 Å². The summed E-state index contributed by atoms with van der Waals surface area (Å²) in [4.78, 5) is 7.23. The quantitative estimate of drug-likeness (QED) is 0.818.